The summed E-state index contributed by atoms with van der Waals surface area (Å²) >= 11 is 0. The minimum Gasteiger partial charge on any atom is -0.391 e. The van der Waals surface area contributed by atoms with Crippen LogP contribution in [-0.4, -0.2) is 51.0 Å². The number of aromatic nitrogens is 2. The molecule has 2 amide bonds. The van der Waals surface area contributed by atoms with Crippen LogP contribution in [0.4, 0.5) is 5.69 Å². The summed E-state index contributed by atoms with van der Waals surface area (Å²) in [6.45, 7) is 2.69. The molecule has 1 saturated carbocycles. The van der Waals surface area contributed by atoms with Crippen LogP contribution in [0.3, 0.4) is 0 Å². The van der Waals surface area contributed by atoms with Gasteiger partial charge in [-0.05, 0) is 43.9 Å². The van der Waals surface area contributed by atoms with E-state index in [1.807, 2.05) is 13.0 Å². The Morgan fingerprint density at radius 3 is 2.73 bits per heavy atom. The molecule has 7 heteroatoms. The molecule has 4 rings (SSSR count). The Morgan fingerprint density at radius 1 is 1.20 bits per heavy atom. The van der Waals surface area contributed by atoms with Crippen molar-refractivity contribution in [2.45, 2.75) is 45.1 Å². The molecule has 1 aromatic heterocycles. The highest BCUT2D eigenvalue weighted by Crippen LogP contribution is 2.28. The maximum absolute atomic E-state index is 13.1. The van der Waals surface area contributed by atoms with Gasteiger partial charge in [-0.25, -0.2) is 0 Å². The lowest BCUT2D eigenvalue weighted by Gasteiger charge is -2.18. The minimum absolute atomic E-state index is 0.0424. The van der Waals surface area contributed by atoms with Crippen molar-refractivity contribution in [2.24, 2.45) is 11.8 Å². The zero-order valence-corrected chi connectivity index (χ0v) is 17.3. The van der Waals surface area contributed by atoms with Crippen molar-refractivity contribution in [3.05, 3.63) is 53.6 Å². The summed E-state index contributed by atoms with van der Waals surface area (Å²) in [5.41, 5.74) is 2.95. The number of carbonyl (C=O) groups excluding carboxylic acids is 2. The Bertz CT molecular complexity index is 912. The molecule has 158 valence electrons. The summed E-state index contributed by atoms with van der Waals surface area (Å²) in [7, 11) is 0. The van der Waals surface area contributed by atoms with Crippen LogP contribution in [0.25, 0.3) is 0 Å². The molecule has 1 saturated heterocycles. The third kappa shape index (κ3) is 4.51. The number of hydrogen-bond donors (Lipinski definition) is 2. The van der Waals surface area contributed by atoms with E-state index in [0.29, 0.717) is 30.8 Å². The molecule has 0 bridgehead atoms. The van der Waals surface area contributed by atoms with Crippen molar-refractivity contribution in [1.29, 1.82) is 0 Å². The summed E-state index contributed by atoms with van der Waals surface area (Å²) in [5.74, 6) is -0.0927. The van der Waals surface area contributed by atoms with E-state index in [4.69, 9.17) is 0 Å². The van der Waals surface area contributed by atoms with Gasteiger partial charge in [0.25, 0.3) is 5.91 Å². The van der Waals surface area contributed by atoms with Crippen molar-refractivity contribution in [1.82, 2.24) is 14.9 Å². The van der Waals surface area contributed by atoms with E-state index in [1.165, 1.54) is 0 Å². The predicted octanol–water partition coefficient (Wildman–Crippen LogP) is 2.59. The highest BCUT2D eigenvalue weighted by atomic mass is 16.3. The van der Waals surface area contributed by atoms with Crippen LogP contribution in [0.1, 0.15) is 47.3 Å². The topological polar surface area (TPSA) is 95.4 Å². The van der Waals surface area contributed by atoms with Gasteiger partial charge in [-0.3, -0.25) is 19.6 Å². The lowest BCUT2D eigenvalue weighted by Crippen LogP contribution is -2.30. The third-order valence-electron chi connectivity index (χ3n) is 6.25. The van der Waals surface area contributed by atoms with Gasteiger partial charge in [-0.1, -0.05) is 18.9 Å². The van der Waals surface area contributed by atoms with E-state index in [0.717, 1.165) is 36.9 Å². The Morgan fingerprint density at radius 2 is 2.00 bits per heavy atom. The molecule has 0 radical (unpaired) electrons. The molecule has 2 aromatic rings. The van der Waals surface area contributed by atoms with E-state index in [2.05, 4.69) is 15.3 Å². The largest absolute Gasteiger partial charge is 0.391 e. The lowest BCUT2D eigenvalue weighted by atomic mass is 10.0. The zero-order valence-electron chi connectivity index (χ0n) is 17.3. The average Bonchev–Trinajstić information content (AvgIpc) is 3.41. The smallest absolute Gasteiger partial charge is 0.254 e. The van der Waals surface area contributed by atoms with E-state index in [1.54, 1.807) is 35.6 Å². The first kappa shape index (κ1) is 20.5. The Balaban J connectivity index is 1.43. The Hall–Kier alpha value is -2.80. The number of β-amino-alcohol motifs (C(OH)–C–C–N with tert-alkyl or cyclic N) is 1. The summed E-state index contributed by atoms with van der Waals surface area (Å²) < 4.78 is 0. The van der Waals surface area contributed by atoms with Crippen LogP contribution >= 0.6 is 0 Å². The Kier molecular flexibility index (Phi) is 6.08. The van der Waals surface area contributed by atoms with Gasteiger partial charge in [0.2, 0.25) is 5.91 Å². The number of benzene rings is 1. The van der Waals surface area contributed by atoms with Gasteiger partial charge >= 0.3 is 0 Å². The fraction of sp³-hybridized carbons (Fsp3) is 0.478. The molecular weight excluding hydrogens is 380 g/mol. The number of hydrogen-bond acceptors (Lipinski definition) is 5. The van der Waals surface area contributed by atoms with Crippen LogP contribution in [0.5, 0.6) is 0 Å². The molecule has 1 aliphatic carbocycles. The molecule has 0 spiro atoms. The average molecular weight is 409 g/mol. The molecule has 30 heavy (non-hydrogen) atoms. The zero-order chi connectivity index (χ0) is 21.1. The SMILES string of the molecule is Cc1ccc(C(=O)N2C[C@@H](Cc3cnccn3)[C@H](O)C2)cc1NC(=O)C1CCCC1. The van der Waals surface area contributed by atoms with Crippen LogP contribution in [0.2, 0.25) is 0 Å². The number of rotatable bonds is 5. The first-order valence-electron chi connectivity index (χ1n) is 10.6. The highest BCUT2D eigenvalue weighted by molar-refractivity contribution is 5.98. The first-order valence-corrected chi connectivity index (χ1v) is 10.6. The molecule has 2 atom stereocenters. The number of amides is 2. The first-order chi connectivity index (χ1) is 14.5. The van der Waals surface area contributed by atoms with Gasteiger partial charge < -0.3 is 15.3 Å². The molecule has 0 unspecified atom stereocenters. The normalized spacial score (nSPS) is 21.7. The molecular formula is C23H28N4O3. The number of aliphatic hydroxyl groups excluding tert-OH is 1. The number of nitrogens with zero attached hydrogens (tertiary/aromatic N) is 3. The second-order valence-corrected chi connectivity index (χ2v) is 8.44. The molecule has 7 nitrogen and oxygen atoms in total. The number of nitrogens with one attached hydrogen (secondary N) is 1. The van der Waals surface area contributed by atoms with Crippen molar-refractivity contribution in [2.75, 3.05) is 18.4 Å². The van der Waals surface area contributed by atoms with Crippen molar-refractivity contribution in [3.8, 4) is 0 Å². The molecule has 2 heterocycles. The van der Waals surface area contributed by atoms with Gasteiger partial charge in [-0.15, -0.1) is 0 Å². The number of likely N-dealkylation sites (tertiary alicyclic amines) is 1. The van der Waals surface area contributed by atoms with Crippen LogP contribution in [0.15, 0.2) is 36.8 Å². The second kappa shape index (κ2) is 8.92. The van der Waals surface area contributed by atoms with Crippen LogP contribution in [-0.2, 0) is 11.2 Å². The summed E-state index contributed by atoms with van der Waals surface area (Å²) in [5, 5.41) is 13.5. The summed E-state index contributed by atoms with van der Waals surface area (Å²) in [6.07, 6.45) is 8.99. The van der Waals surface area contributed by atoms with E-state index in [9.17, 15) is 14.7 Å². The molecule has 2 fully saturated rings. The number of carbonyl (C=O) groups is 2. The summed E-state index contributed by atoms with van der Waals surface area (Å²) in [4.78, 5) is 35.6. The predicted molar refractivity (Wildman–Crippen MR) is 113 cm³/mol. The van der Waals surface area contributed by atoms with E-state index < -0.39 is 6.10 Å². The van der Waals surface area contributed by atoms with E-state index in [-0.39, 0.29) is 23.7 Å². The fourth-order valence-electron chi connectivity index (χ4n) is 4.42. The number of aryl methyl sites for hydroxylation is 1. The van der Waals surface area contributed by atoms with Gasteiger partial charge in [-0.2, -0.15) is 0 Å². The van der Waals surface area contributed by atoms with Gasteiger partial charge in [0.1, 0.15) is 0 Å². The standard InChI is InChI=1S/C23H28N4O3/c1-15-6-7-17(11-20(15)26-22(29)16-4-2-3-5-16)23(30)27-13-18(21(28)14-27)10-19-12-24-8-9-25-19/h6-9,11-12,16,18,21,28H,2-5,10,13-14H2,1H3,(H,26,29)/t18-,21-/m1/s1. The van der Waals surface area contributed by atoms with Crippen molar-refractivity contribution in [3.63, 3.8) is 0 Å². The van der Waals surface area contributed by atoms with E-state index >= 15 is 0 Å². The maximum Gasteiger partial charge on any atom is 0.254 e. The van der Waals surface area contributed by atoms with Gasteiger partial charge in [0.05, 0.1) is 11.8 Å². The third-order valence-corrected chi connectivity index (χ3v) is 6.25. The number of aliphatic hydroxyl groups is 1. The van der Waals surface area contributed by atoms with Crippen molar-refractivity contribution < 1.29 is 14.7 Å². The Labute approximate surface area is 176 Å². The second-order valence-electron chi connectivity index (χ2n) is 8.44. The lowest BCUT2D eigenvalue weighted by molar-refractivity contribution is -0.119. The maximum atomic E-state index is 13.1. The number of anilines is 1. The van der Waals surface area contributed by atoms with Crippen LogP contribution in [0, 0.1) is 18.8 Å². The highest BCUT2D eigenvalue weighted by Gasteiger charge is 2.35. The van der Waals surface area contributed by atoms with Crippen molar-refractivity contribution >= 4 is 17.5 Å². The molecule has 2 N–H and O–H groups in total. The molecule has 1 aliphatic heterocycles. The molecule has 1 aromatic carbocycles. The monoisotopic (exact) mass is 408 g/mol. The summed E-state index contributed by atoms with van der Waals surface area (Å²) in [6, 6.07) is 5.40. The minimum atomic E-state index is -0.594. The van der Waals surface area contributed by atoms with Gasteiger partial charge in [0.15, 0.2) is 0 Å². The fourth-order valence-corrected chi connectivity index (χ4v) is 4.42. The van der Waals surface area contributed by atoms with Crippen LogP contribution < -0.4 is 5.32 Å². The quantitative estimate of drug-likeness (QED) is 0.793. The van der Waals surface area contributed by atoms with Gasteiger partial charge in [0, 0.05) is 54.8 Å². The molecule has 2 aliphatic rings.